The van der Waals surface area contributed by atoms with Crippen molar-refractivity contribution in [3.05, 3.63) is 103 Å². The van der Waals surface area contributed by atoms with E-state index in [1.54, 1.807) is 35.8 Å². The second-order valence-electron chi connectivity index (χ2n) is 9.49. The van der Waals surface area contributed by atoms with Gasteiger partial charge in [-0.3, -0.25) is 9.36 Å². The number of carbonyl (C=O) groups is 1. The maximum absolute atomic E-state index is 13.9. The van der Waals surface area contributed by atoms with E-state index >= 15 is 0 Å². The molecule has 1 aliphatic heterocycles. The van der Waals surface area contributed by atoms with E-state index in [0.717, 1.165) is 25.8 Å². The molecule has 41 heavy (non-hydrogen) atoms. The van der Waals surface area contributed by atoms with Crippen LogP contribution in [0, 0.1) is 0 Å². The Kier molecular flexibility index (Phi) is 7.41. The number of para-hydroxylation sites is 1. The summed E-state index contributed by atoms with van der Waals surface area (Å²) in [6.45, 7) is 3.77. The lowest BCUT2D eigenvalue weighted by Gasteiger charge is -2.25. The summed E-state index contributed by atoms with van der Waals surface area (Å²) < 4.78 is 15.5. The van der Waals surface area contributed by atoms with Crippen LogP contribution in [0.3, 0.4) is 0 Å². The van der Waals surface area contributed by atoms with E-state index < -0.39 is 12.0 Å². The predicted octanol–water partition coefficient (Wildman–Crippen LogP) is 5.22. The molecule has 6 rings (SSSR count). The molecule has 2 aromatic carbocycles. The van der Waals surface area contributed by atoms with E-state index in [2.05, 4.69) is 9.98 Å². The molecule has 5 aromatic rings. The molecule has 0 bridgehead atoms. The predicted molar refractivity (Wildman–Crippen MR) is 164 cm³/mol. The van der Waals surface area contributed by atoms with Gasteiger partial charge in [-0.2, -0.15) is 0 Å². The van der Waals surface area contributed by atoms with Gasteiger partial charge in [0.15, 0.2) is 14.2 Å². The summed E-state index contributed by atoms with van der Waals surface area (Å²) in [7, 11) is 3.92. The van der Waals surface area contributed by atoms with Crippen molar-refractivity contribution in [1.82, 2.24) is 9.55 Å². The molecular formula is C30H26N4O4S3. The van der Waals surface area contributed by atoms with E-state index in [1.165, 1.54) is 23.1 Å². The Morgan fingerprint density at radius 2 is 1.90 bits per heavy atom. The lowest BCUT2D eigenvalue weighted by atomic mass is 9.95. The molecule has 0 fully saturated rings. The Bertz CT molecular complexity index is 1950. The van der Waals surface area contributed by atoms with Gasteiger partial charge in [0.1, 0.15) is 5.76 Å². The van der Waals surface area contributed by atoms with Gasteiger partial charge in [-0.05, 0) is 67.6 Å². The topological polar surface area (TPSA) is 89.9 Å². The quantitative estimate of drug-likeness (QED) is 0.236. The number of esters is 1. The lowest BCUT2D eigenvalue weighted by molar-refractivity contribution is -0.139. The summed E-state index contributed by atoms with van der Waals surface area (Å²) in [6.07, 6.45) is 1.72. The van der Waals surface area contributed by atoms with Crippen molar-refractivity contribution < 1.29 is 13.9 Å². The van der Waals surface area contributed by atoms with Crippen molar-refractivity contribution >= 4 is 62.4 Å². The second-order valence-corrected chi connectivity index (χ2v) is 12.8. The molecule has 8 nitrogen and oxygen atoms in total. The van der Waals surface area contributed by atoms with Gasteiger partial charge < -0.3 is 14.1 Å². The third-order valence-electron chi connectivity index (χ3n) is 6.58. The van der Waals surface area contributed by atoms with Crippen molar-refractivity contribution in [1.29, 1.82) is 0 Å². The number of nitrogens with zero attached hydrogens (tertiary/aromatic N) is 4. The van der Waals surface area contributed by atoms with Gasteiger partial charge in [0.05, 0.1) is 38.7 Å². The summed E-state index contributed by atoms with van der Waals surface area (Å²) >= 11 is 4.32. The zero-order valence-electron chi connectivity index (χ0n) is 22.8. The summed E-state index contributed by atoms with van der Waals surface area (Å²) in [5.74, 6) is 0.0688. The van der Waals surface area contributed by atoms with Crippen molar-refractivity contribution in [2.24, 2.45) is 4.99 Å². The number of carbonyl (C=O) groups excluding carboxylic acids is 1. The molecule has 0 N–H and O–H groups in total. The van der Waals surface area contributed by atoms with Crippen LogP contribution in [0.4, 0.5) is 5.69 Å². The zero-order chi connectivity index (χ0) is 28.7. The van der Waals surface area contributed by atoms with Crippen molar-refractivity contribution in [2.75, 3.05) is 25.6 Å². The number of ether oxygens (including phenoxy) is 1. The molecule has 1 atom stereocenters. The van der Waals surface area contributed by atoms with Crippen LogP contribution in [0.25, 0.3) is 16.3 Å². The zero-order valence-corrected chi connectivity index (χ0v) is 25.2. The number of rotatable bonds is 7. The van der Waals surface area contributed by atoms with Crippen LogP contribution in [0.2, 0.25) is 0 Å². The highest BCUT2D eigenvalue weighted by molar-refractivity contribution is 8.01. The Balaban J connectivity index is 1.39. The number of hydrogen-bond acceptors (Lipinski definition) is 10. The smallest absolute Gasteiger partial charge is 0.338 e. The van der Waals surface area contributed by atoms with Gasteiger partial charge >= 0.3 is 5.97 Å². The fourth-order valence-corrected chi connectivity index (χ4v) is 7.63. The van der Waals surface area contributed by atoms with Crippen LogP contribution in [0.1, 0.15) is 31.2 Å². The van der Waals surface area contributed by atoms with Crippen LogP contribution in [-0.2, 0) is 9.53 Å². The van der Waals surface area contributed by atoms with Crippen LogP contribution in [-0.4, -0.2) is 36.2 Å². The maximum atomic E-state index is 13.9. The molecule has 0 aliphatic carbocycles. The summed E-state index contributed by atoms with van der Waals surface area (Å²) in [5, 5.41) is 0.683. The second kappa shape index (κ2) is 11.2. The highest BCUT2D eigenvalue weighted by Gasteiger charge is 2.33. The Morgan fingerprint density at radius 3 is 2.63 bits per heavy atom. The number of allylic oxidation sites excluding steroid dienone is 1. The van der Waals surface area contributed by atoms with Gasteiger partial charge in [0.25, 0.3) is 5.56 Å². The fraction of sp³-hybridized carbons (Fsp3) is 0.200. The highest BCUT2D eigenvalue weighted by atomic mass is 32.2. The van der Waals surface area contributed by atoms with Crippen molar-refractivity contribution in [3.8, 4) is 0 Å². The normalized spacial score (nSPS) is 15.2. The number of hydrogen-bond donors (Lipinski definition) is 0. The first-order valence-electron chi connectivity index (χ1n) is 12.9. The van der Waals surface area contributed by atoms with Crippen LogP contribution < -0.4 is 19.8 Å². The molecule has 0 saturated heterocycles. The number of furan rings is 1. The number of aromatic nitrogens is 2. The highest BCUT2D eigenvalue weighted by Crippen LogP contribution is 2.35. The standard InChI is InChI=1S/C30H26N4O4S3/c1-5-37-28(36)25-17(2)31-29-34(26(25)18-10-12-19(13-11-18)33(3)4)27(35)23(39-29)16-20-14-15-24(38-20)41-30-32-21-8-6-7-9-22(21)40-30/h6-16,26H,5H2,1-4H3/b23-16-/t26-/m1/s1. The third kappa shape index (κ3) is 5.28. The third-order valence-corrected chi connectivity index (χ3v) is 9.58. The van der Waals surface area contributed by atoms with Gasteiger partial charge in [-0.25, -0.2) is 14.8 Å². The molecule has 3 aromatic heterocycles. The van der Waals surface area contributed by atoms with Crippen molar-refractivity contribution in [3.63, 3.8) is 0 Å². The average molecular weight is 603 g/mol. The van der Waals surface area contributed by atoms with E-state index in [1.807, 2.05) is 79.7 Å². The summed E-state index contributed by atoms with van der Waals surface area (Å²) in [4.78, 5) is 38.8. The van der Waals surface area contributed by atoms with Gasteiger partial charge in [0.2, 0.25) is 0 Å². The molecule has 0 saturated carbocycles. The molecule has 4 heterocycles. The van der Waals surface area contributed by atoms with Crippen LogP contribution >= 0.6 is 34.4 Å². The van der Waals surface area contributed by atoms with E-state index in [4.69, 9.17) is 9.15 Å². The van der Waals surface area contributed by atoms with Gasteiger partial charge in [-0.1, -0.05) is 35.6 Å². The molecule has 0 unspecified atom stereocenters. The fourth-order valence-electron chi connectivity index (χ4n) is 4.64. The molecule has 0 amide bonds. The number of benzene rings is 2. The first kappa shape index (κ1) is 27.3. The molecule has 208 valence electrons. The first-order chi connectivity index (χ1) is 19.8. The molecule has 0 spiro atoms. The van der Waals surface area contributed by atoms with Crippen LogP contribution in [0.5, 0.6) is 0 Å². The number of fused-ring (bicyclic) bond motifs is 2. The largest absolute Gasteiger partial charge is 0.463 e. The maximum Gasteiger partial charge on any atom is 0.338 e. The molecule has 11 heteroatoms. The summed E-state index contributed by atoms with van der Waals surface area (Å²) in [5.41, 5.74) is 3.41. The molecule has 1 aliphatic rings. The average Bonchev–Trinajstić information content (AvgIpc) is 3.65. The Labute approximate surface area is 247 Å². The SMILES string of the molecule is CCOC(=O)C1=C(C)N=c2s/c(=C\c3ccc(Sc4nc5ccccc5s4)o3)c(=O)n2[C@@H]1c1ccc(N(C)C)cc1. The minimum absolute atomic E-state index is 0.224. The van der Waals surface area contributed by atoms with E-state index in [9.17, 15) is 9.59 Å². The Morgan fingerprint density at radius 1 is 1.12 bits per heavy atom. The van der Waals surface area contributed by atoms with Crippen molar-refractivity contribution in [2.45, 2.75) is 29.3 Å². The van der Waals surface area contributed by atoms with E-state index in [-0.39, 0.29) is 12.2 Å². The Hall–Kier alpha value is -3.93. The monoisotopic (exact) mass is 602 g/mol. The minimum Gasteiger partial charge on any atom is -0.463 e. The molecule has 0 radical (unpaired) electrons. The summed E-state index contributed by atoms with van der Waals surface area (Å²) in [6, 6.07) is 18.9. The number of anilines is 1. The lowest BCUT2D eigenvalue weighted by Crippen LogP contribution is -2.39. The minimum atomic E-state index is -0.662. The van der Waals surface area contributed by atoms with E-state index in [0.29, 0.717) is 31.5 Å². The van der Waals surface area contributed by atoms with Crippen LogP contribution in [0.15, 0.2) is 95.6 Å². The van der Waals surface area contributed by atoms with Gasteiger partial charge in [0, 0.05) is 25.9 Å². The number of thiazole rings is 2. The van der Waals surface area contributed by atoms with Gasteiger partial charge in [-0.15, -0.1) is 11.3 Å². The first-order valence-corrected chi connectivity index (χ1v) is 15.4. The molecular weight excluding hydrogens is 577 g/mol.